The molecule has 156 valence electrons. The number of rotatable bonds is 7. The minimum atomic E-state index is -3.59. The minimum Gasteiger partial charge on any atom is -0.497 e. The molecule has 1 aliphatic rings. The van der Waals surface area contributed by atoms with Crippen LogP contribution in [0.1, 0.15) is 12.0 Å². The average molecular weight is 439 g/mol. The summed E-state index contributed by atoms with van der Waals surface area (Å²) >= 11 is 5.98. The molecule has 2 aromatic rings. The summed E-state index contributed by atoms with van der Waals surface area (Å²) in [4.78, 5) is 12.5. The third-order valence-electron chi connectivity index (χ3n) is 4.58. The number of methoxy groups -OCH3 is 1. The number of fused-ring (bicyclic) bond motifs is 1. The molecular weight excluding hydrogens is 416 g/mol. The van der Waals surface area contributed by atoms with Crippen LogP contribution in [0.15, 0.2) is 42.5 Å². The van der Waals surface area contributed by atoms with Crippen LogP contribution in [0, 0.1) is 0 Å². The number of sulfonamides is 1. The molecule has 0 spiro atoms. The SMILES string of the molecule is COc1ccc(CCCNC(=O)C2CN(S(C)(=O)=O)c3cc(Cl)ccc3O2)cc1. The molecular formula is C20H23ClN2O5S. The summed E-state index contributed by atoms with van der Waals surface area (Å²) < 4.78 is 36.4. The second-order valence-electron chi connectivity index (χ2n) is 6.76. The van der Waals surface area contributed by atoms with Gasteiger partial charge in [-0.3, -0.25) is 9.10 Å². The van der Waals surface area contributed by atoms with Gasteiger partial charge in [-0.15, -0.1) is 0 Å². The molecule has 1 unspecified atom stereocenters. The number of nitrogens with zero attached hydrogens (tertiary/aromatic N) is 1. The molecule has 1 N–H and O–H groups in total. The highest BCUT2D eigenvalue weighted by atomic mass is 35.5. The Morgan fingerprint density at radius 2 is 2.00 bits per heavy atom. The van der Waals surface area contributed by atoms with Crippen LogP contribution < -0.4 is 19.1 Å². The number of ether oxygens (including phenoxy) is 2. The third-order valence-corrected chi connectivity index (χ3v) is 5.97. The highest BCUT2D eigenvalue weighted by Gasteiger charge is 2.35. The second-order valence-corrected chi connectivity index (χ2v) is 9.10. The van der Waals surface area contributed by atoms with Crippen LogP contribution in [0.2, 0.25) is 5.02 Å². The Balaban J connectivity index is 1.58. The van der Waals surface area contributed by atoms with Crippen LogP contribution in [0.5, 0.6) is 11.5 Å². The molecule has 1 heterocycles. The summed E-state index contributed by atoms with van der Waals surface area (Å²) in [5.74, 6) is 0.756. The Hall–Kier alpha value is -2.45. The van der Waals surface area contributed by atoms with E-state index in [1.54, 1.807) is 19.2 Å². The molecule has 1 aliphatic heterocycles. The number of hydrogen-bond donors (Lipinski definition) is 1. The molecule has 0 fully saturated rings. The van der Waals surface area contributed by atoms with Crippen LogP contribution in [0.25, 0.3) is 0 Å². The Bertz CT molecular complexity index is 979. The van der Waals surface area contributed by atoms with E-state index in [4.69, 9.17) is 21.1 Å². The van der Waals surface area contributed by atoms with E-state index in [9.17, 15) is 13.2 Å². The normalized spacial score (nSPS) is 16.0. The first-order chi connectivity index (χ1) is 13.8. The summed E-state index contributed by atoms with van der Waals surface area (Å²) in [6.07, 6.45) is 1.70. The van der Waals surface area contributed by atoms with Crippen molar-refractivity contribution in [1.82, 2.24) is 5.32 Å². The van der Waals surface area contributed by atoms with Gasteiger partial charge in [-0.1, -0.05) is 23.7 Å². The highest BCUT2D eigenvalue weighted by molar-refractivity contribution is 7.92. The van der Waals surface area contributed by atoms with Gasteiger partial charge in [-0.25, -0.2) is 8.42 Å². The molecule has 0 saturated heterocycles. The van der Waals surface area contributed by atoms with Gasteiger partial charge < -0.3 is 14.8 Å². The maximum absolute atomic E-state index is 12.5. The molecule has 29 heavy (non-hydrogen) atoms. The summed E-state index contributed by atoms with van der Waals surface area (Å²) in [6.45, 7) is 0.355. The first-order valence-corrected chi connectivity index (χ1v) is 11.3. The van der Waals surface area contributed by atoms with Gasteiger partial charge in [0.2, 0.25) is 10.0 Å². The predicted molar refractivity (Wildman–Crippen MR) is 112 cm³/mol. The number of carbonyl (C=O) groups is 1. The fourth-order valence-electron chi connectivity index (χ4n) is 3.09. The molecule has 0 aliphatic carbocycles. The molecule has 9 heteroatoms. The van der Waals surface area contributed by atoms with Gasteiger partial charge in [-0.2, -0.15) is 0 Å². The van der Waals surface area contributed by atoms with E-state index >= 15 is 0 Å². The van der Waals surface area contributed by atoms with Gasteiger partial charge >= 0.3 is 0 Å². The van der Waals surface area contributed by atoms with E-state index in [1.807, 2.05) is 24.3 Å². The van der Waals surface area contributed by atoms with Crippen molar-refractivity contribution in [2.75, 3.05) is 30.8 Å². The zero-order chi connectivity index (χ0) is 21.0. The first-order valence-electron chi connectivity index (χ1n) is 9.12. The van der Waals surface area contributed by atoms with Crippen LogP contribution in [0.4, 0.5) is 5.69 Å². The number of carbonyl (C=O) groups excluding carboxylic acids is 1. The number of aryl methyl sites for hydroxylation is 1. The van der Waals surface area contributed by atoms with E-state index in [-0.39, 0.29) is 12.5 Å². The quantitative estimate of drug-likeness (QED) is 0.672. The number of anilines is 1. The van der Waals surface area contributed by atoms with Crippen molar-refractivity contribution in [3.8, 4) is 11.5 Å². The predicted octanol–water partition coefficient (Wildman–Crippen LogP) is 2.62. The van der Waals surface area contributed by atoms with Crippen LogP contribution in [-0.4, -0.2) is 46.9 Å². The lowest BCUT2D eigenvalue weighted by Gasteiger charge is -2.34. The zero-order valence-corrected chi connectivity index (χ0v) is 17.8. The number of halogens is 1. The largest absolute Gasteiger partial charge is 0.497 e. The van der Waals surface area contributed by atoms with Gasteiger partial charge in [0.25, 0.3) is 5.91 Å². The molecule has 0 saturated carbocycles. The van der Waals surface area contributed by atoms with E-state index in [0.717, 1.165) is 34.7 Å². The lowest BCUT2D eigenvalue weighted by atomic mass is 10.1. The van der Waals surface area contributed by atoms with Gasteiger partial charge in [0.15, 0.2) is 6.10 Å². The maximum atomic E-state index is 12.5. The smallest absolute Gasteiger partial charge is 0.263 e. The zero-order valence-electron chi connectivity index (χ0n) is 16.2. The number of amides is 1. The van der Waals surface area contributed by atoms with E-state index in [1.165, 1.54) is 6.07 Å². The van der Waals surface area contributed by atoms with E-state index in [0.29, 0.717) is 23.0 Å². The summed E-state index contributed by atoms with van der Waals surface area (Å²) in [6, 6.07) is 12.4. The molecule has 0 bridgehead atoms. The lowest BCUT2D eigenvalue weighted by molar-refractivity contribution is -0.127. The van der Waals surface area contributed by atoms with Crippen molar-refractivity contribution in [2.24, 2.45) is 0 Å². The lowest BCUT2D eigenvalue weighted by Crippen LogP contribution is -2.50. The summed E-state index contributed by atoms with van der Waals surface area (Å²) in [7, 11) is -1.96. The average Bonchev–Trinajstić information content (AvgIpc) is 2.70. The molecule has 1 amide bonds. The summed E-state index contributed by atoms with van der Waals surface area (Å²) in [5, 5.41) is 3.21. The molecule has 0 aromatic heterocycles. The van der Waals surface area contributed by atoms with Gasteiger partial charge in [0.05, 0.1) is 25.6 Å². The third kappa shape index (κ3) is 5.33. The van der Waals surface area contributed by atoms with E-state index < -0.39 is 16.1 Å². The van der Waals surface area contributed by atoms with Crippen molar-refractivity contribution < 1.29 is 22.7 Å². The summed E-state index contributed by atoms with van der Waals surface area (Å²) in [5.41, 5.74) is 1.48. The number of nitrogens with one attached hydrogen (secondary N) is 1. The minimum absolute atomic E-state index is 0.101. The topological polar surface area (TPSA) is 84.9 Å². The van der Waals surface area contributed by atoms with Crippen LogP contribution in [-0.2, 0) is 21.2 Å². The van der Waals surface area contributed by atoms with Crippen molar-refractivity contribution in [1.29, 1.82) is 0 Å². The fourth-order valence-corrected chi connectivity index (χ4v) is 4.16. The second kappa shape index (κ2) is 8.92. The Labute approximate surface area is 175 Å². The Kier molecular flexibility index (Phi) is 6.54. The molecule has 2 aromatic carbocycles. The molecule has 3 rings (SSSR count). The number of hydrogen-bond acceptors (Lipinski definition) is 5. The van der Waals surface area contributed by atoms with Crippen molar-refractivity contribution in [3.63, 3.8) is 0 Å². The van der Waals surface area contributed by atoms with Crippen molar-refractivity contribution in [2.45, 2.75) is 18.9 Å². The van der Waals surface area contributed by atoms with Crippen molar-refractivity contribution >= 4 is 33.2 Å². The Morgan fingerprint density at radius 1 is 1.28 bits per heavy atom. The van der Waals surface area contributed by atoms with E-state index in [2.05, 4.69) is 5.32 Å². The van der Waals surface area contributed by atoms with Crippen molar-refractivity contribution in [3.05, 3.63) is 53.1 Å². The van der Waals surface area contributed by atoms with Gasteiger partial charge in [0.1, 0.15) is 11.5 Å². The molecule has 7 nitrogen and oxygen atoms in total. The number of benzene rings is 2. The first kappa shape index (κ1) is 21.3. The standard InChI is InChI=1S/C20H23ClN2O5S/c1-27-16-8-5-14(6-9-16)4-3-11-22-20(24)19-13-23(29(2,25)26)17-12-15(21)7-10-18(17)28-19/h5-10,12,19H,3-4,11,13H2,1-2H3,(H,22,24). The Morgan fingerprint density at radius 3 is 2.66 bits per heavy atom. The maximum Gasteiger partial charge on any atom is 0.263 e. The highest BCUT2D eigenvalue weighted by Crippen LogP contribution is 2.37. The van der Waals surface area contributed by atoms with Gasteiger partial charge in [0, 0.05) is 11.6 Å². The monoisotopic (exact) mass is 438 g/mol. The molecule has 0 radical (unpaired) electrons. The molecule has 1 atom stereocenters. The van der Waals surface area contributed by atoms with Crippen LogP contribution in [0.3, 0.4) is 0 Å². The van der Waals surface area contributed by atoms with Gasteiger partial charge in [-0.05, 0) is 48.7 Å². The van der Waals surface area contributed by atoms with Crippen LogP contribution >= 0.6 is 11.6 Å². The fraction of sp³-hybridized carbons (Fsp3) is 0.350.